The van der Waals surface area contributed by atoms with Crippen LogP contribution in [0, 0.1) is 0 Å². The molecular weight excluding hydrogens is 334 g/mol. The molecule has 0 saturated carbocycles. The topological polar surface area (TPSA) is 45.0 Å². The number of fused-ring (bicyclic) bond motifs is 1. The maximum Gasteiger partial charge on any atom is 0.143 e. The third kappa shape index (κ3) is 4.56. The first kappa shape index (κ1) is 20.6. The van der Waals surface area contributed by atoms with Crippen LogP contribution in [-0.4, -0.2) is 26.2 Å². The second-order valence-electron chi connectivity index (χ2n) is 6.39. The maximum atomic E-state index is 10.2. The van der Waals surface area contributed by atoms with E-state index in [0.29, 0.717) is 10.2 Å². The Morgan fingerprint density at radius 3 is 2.12 bits per heavy atom. The third-order valence-electron chi connectivity index (χ3n) is 3.75. The predicted octanol–water partition coefficient (Wildman–Crippen LogP) is 2.80. The highest BCUT2D eigenvalue weighted by molar-refractivity contribution is 5.97. The Labute approximate surface area is 155 Å². The van der Waals surface area contributed by atoms with Crippen LogP contribution >= 0.6 is 0 Å². The minimum Gasteiger partial charge on any atom is -1.00 e. The lowest BCUT2D eigenvalue weighted by Gasteiger charge is -2.23. The molecule has 1 N–H and O–H groups in total. The monoisotopic (exact) mass is 357 g/mol. The summed E-state index contributed by atoms with van der Waals surface area (Å²) < 4.78 is 0.695. The summed E-state index contributed by atoms with van der Waals surface area (Å²) in [5.41, 5.74) is 2.40. The van der Waals surface area contributed by atoms with Gasteiger partial charge in [-0.2, -0.15) is 5.11 Å². The van der Waals surface area contributed by atoms with Crippen molar-refractivity contribution >= 4 is 27.8 Å². The lowest BCUT2D eigenvalue weighted by Crippen LogP contribution is -3.00. The van der Waals surface area contributed by atoms with Gasteiger partial charge in [-0.3, -0.25) is 4.48 Å². The molecular formula is C20H24ClN3O. The fourth-order valence-electron chi connectivity index (χ4n) is 2.41. The Hall–Kier alpha value is -2.43. The largest absolute Gasteiger partial charge is 1.00 e. The molecule has 0 heterocycles. The summed E-state index contributed by atoms with van der Waals surface area (Å²) in [5.74, 6) is 0.135. The molecule has 0 radical (unpaired) electrons. The Balaban J connectivity index is 0.00000156. The van der Waals surface area contributed by atoms with E-state index in [4.69, 9.17) is 0 Å². The summed E-state index contributed by atoms with van der Waals surface area (Å²) >= 11 is 0. The lowest BCUT2D eigenvalue weighted by molar-refractivity contribution is -0.00000625. The van der Waals surface area contributed by atoms with Gasteiger partial charge in [0.1, 0.15) is 17.1 Å². The number of halogens is 1. The molecule has 3 aromatic rings. The molecule has 0 aliphatic heterocycles. The van der Waals surface area contributed by atoms with Gasteiger partial charge in [0.15, 0.2) is 0 Å². The molecule has 0 amide bonds. The molecule has 0 aliphatic carbocycles. The van der Waals surface area contributed by atoms with Crippen LogP contribution in [0.15, 0.2) is 70.9 Å². The van der Waals surface area contributed by atoms with Gasteiger partial charge < -0.3 is 17.5 Å². The summed E-state index contributed by atoms with van der Waals surface area (Å²) in [6, 6.07) is 19.3. The van der Waals surface area contributed by atoms with E-state index in [2.05, 4.69) is 49.6 Å². The van der Waals surface area contributed by atoms with Crippen LogP contribution in [0.5, 0.6) is 5.75 Å². The third-order valence-corrected chi connectivity index (χ3v) is 3.75. The molecule has 3 aromatic carbocycles. The van der Waals surface area contributed by atoms with Gasteiger partial charge in [0.2, 0.25) is 0 Å². The lowest BCUT2D eigenvalue weighted by atomic mass is 10.1. The van der Waals surface area contributed by atoms with Crippen LogP contribution in [-0.2, 0) is 0 Å². The second-order valence-corrected chi connectivity index (χ2v) is 6.39. The summed E-state index contributed by atoms with van der Waals surface area (Å²) in [5, 5.41) is 20.7. The highest BCUT2D eigenvalue weighted by Gasteiger charge is 2.15. The van der Waals surface area contributed by atoms with Gasteiger partial charge in [0, 0.05) is 11.5 Å². The van der Waals surface area contributed by atoms with E-state index in [1.54, 1.807) is 6.07 Å². The average Bonchev–Trinajstić information content (AvgIpc) is 2.53. The molecule has 0 bridgehead atoms. The molecule has 0 aromatic heterocycles. The number of phenolic OH excluding ortho intramolecular Hbond substituents is 1. The van der Waals surface area contributed by atoms with Gasteiger partial charge in [-0.1, -0.05) is 31.7 Å². The number of hydrogen-bond acceptors (Lipinski definition) is 3. The van der Waals surface area contributed by atoms with Gasteiger partial charge >= 0.3 is 0 Å². The van der Waals surface area contributed by atoms with Crippen LogP contribution in [0.3, 0.4) is 0 Å². The smallest absolute Gasteiger partial charge is 0.143 e. The van der Waals surface area contributed by atoms with E-state index in [9.17, 15) is 5.11 Å². The second kappa shape index (κ2) is 8.10. The quantitative estimate of drug-likeness (QED) is 0.568. The van der Waals surface area contributed by atoms with Crippen molar-refractivity contribution in [3.05, 3.63) is 60.7 Å². The fourth-order valence-corrected chi connectivity index (χ4v) is 2.41. The van der Waals surface area contributed by atoms with E-state index in [-0.39, 0.29) is 25.6 Å². The molecule has 0 unspecified atom stereocenters. The maximum absolute atomic E-state index is 10.2. The van der Waals surface area contributed by atoms with E-state index in [0.717, 1.165) is 22.1 Å². The minimum atomic E-state index is 0. The summed E-state index contributed by atoms with van der Waals surface area (Å²) in [7, 11) is 6.32. The molecule has 0 spiro atoms. The van der Waals surface area contributed by atoms with Crippen LogP contribution in [0.1, 0.15) is 7.43 Å². The zero-order valence-electron chi connectivity index (χ0n) is 13.9. The molecule has 0 aliphatic rings. The molecule has 25 heavy (non-hydrogen) atoms. The molecule has 132 valence electrons. The summed E-state index contributed by atoms with van der Waals surface area (Å²) in [4.78, 5) is 0. The average molecular weight is 358 g/mol. The van der Waals surface area contributed by atoms with Crippen molar-refractivity contribution in [3.63, 3.8) is 0 Å². The van der Waals surface area contributed by atoms with Crippen LogP contribution in [0.4, 0.5) is 17.1 Å². The number of benzene rings is 3. The van der Waals surface area contributed by atoms with Gasteiger partial charge in [0.25, 0.3) is 0 Å². The number of aromatic hydroxyl groups is 1. The first-order chi connectivity index (χ1) is 10.9. The molecule has 4 nitrogen and oxygen atoms in total. The van der Waals surface area contributed by atoms with Crippen molar-refractivity contribution in [2.45, 2.75) is 7.43 Å². The Morgan fingerprint density at radius 1 is 0.840 bits per heavy atom. The first-order valence-corrected chi connectivity index (χ1v) is 7.50. The molecule has 0 atom stereocenters. The van der Waals surface area contributed by atoms with Crippen LogP contribution in [0.25, 0.3) is 10.8 Å². The number of rotatable bonds is 3. The van der Waals surface area contributed by atoms with Crippen molar-refractivity contribution in [2.24, 2.45) is 10.2 Å². The number of azo groups is 1. The highest BCUT2D eigenvalue weighted by atomic mass is 35.5. The normalized spacial score (nSPS) is 11.2. The Morgan fingerprint density at radius 2 is 1.48 bits per heavy atom. The van der Waals surface area contributed by atoms with Gasteiger partial charge in [0.05, 0.1) is 26.8 Å². The van der Waals surface area contributed by atoms with Crippen molar-refractivity contribution in [2.75, 3.05) is 21.1 Å². The van der Waals surface area contributed by atoms with Crippen LogP contribution in [0.2, 0.25) is 0 Å². The molecule has 0 fully saturated rings. The van der Waals surface area contributed by atoms with Crippen molar-refractivity contribution in [1.29, 1.82) is 0 Å². The van der Waals surface area contributed by atoms with E-state index in [1.807, 2.05) is 36.4 Å². The Bertz CT molecular complexity index is 871. The number of quaternary nitrogens is 1. The SMILES string of the molecule is C.C[N+](C)(C)c1ccc2ccc(O)c(N=Nc3ccccc3)c2c1.[Cl-]. The van der Waals surface area contributed by atoms with Crippen molar-refractivity contribution in [3.8, 4) is 5.75 Å². The standard InChI is InChI=1S/C19H19N3O.CH4.ClH/c1-22(2,3)16-11-9-14-10-12-18(23)19(17(14)13-16)21-20-15-7-5-4-6-8-15;;/h4-13H,1-3H3;1H4;1H. The number of nitrogens with zero attached hydrogens (tertiary/aromatic N) is 3. The number of phenols is 1. The van der Waals surface area contributed by atoms with E-state index < -0.39 is 0 Å². The van der Waals surface area contributed by atoms with Crippen molar-refractivity contribution in [1.82, 2.24) is 4.48 Å². The van der Waals surface area contributed by atoms with E-state index >= 15 is 0 Å². The molecule has 0 saturated heterocycles. The first-order valence-electron chi connectivity index (χ1n) is 7.50. The van der Waals surface area contributed by atoms with Crippen molar-refractivity contribution < 1.29 is 17.5 Å². The van der Waals surface area contributed by atoms with Gasteiger partial charge in [-0.05, 0) is 35.7 Å². The minimum absolute atomic E-state index is 0. The zero-order chi connectivity index (χ0) is 16.4. The highest BCUT2D eigenvalue weighted by Crippen LogP contribution is 2.38. The van der Waals surface area contributed by atoms with Crippen LogP contribution < -0.4 is 16.9 Å². The fraction of sp³-hybridized carbons (Fsp3) is 0.200. The zero-order valence-corrected chi connectivity index (χ0v) is 14.7. The summed E-state index contributed by atoms with van der Waals surface area (Å²) in [6.07, 6.45) is 0. The van der Waals surface area contributed by atoms with Gasteiger partial charge in [-0.25, -0.2) is 0 Å². The van der Waals surface area contributed by atoms with Gasteiger partial charge in [-0.15, -0.1) is 5.11 Å². The number of hydrogen-bond donors (Lipinski definition) is 1. The molecule has 3 rings (SSSR count). The van der Waals surface area contributed by atoms with E-state index in [1.165, 1.54) is 0 Å². The molecule has 5 heteroatoms. The Kier molecular flexibility index (Phi) is 6.68. The predicted molar refractivity (Wildman–Crippen MR) is 103 cm³/mol. The summed E-state index contributed by atoms with van der Waals surface area (Å²) in [6.45, 7) is 0.